The maximum atomic E-state index is 12.2. The summed E-state index contributed by atoms with van der Waals surface area (Å²) in [6.07, 6.45) is 7.94. The average molecular weight is 479 g/mol. The summed E-state index contributed by atoms with van der Waals surface area (Å²) >= 11 is 3.51. The molecule has 0 saturated heterocycles. The van der Waals surface area contributed by atoms with E-state index in [1.54, 1.807) is 6.26 Å². The second-order valence-electron chi connectivity index (χ2n) is 8.01. The first kappa shape index (κ1) is 20.0. The van der Waals surface area contributed by atoms with Crippen LogP contribution < -0.4 is 5.32 Å². The number of hydrogen-bond acceptors (Lipinski definition) is 4. The molecule has 0 spiro atoms. The molecular formula is C24H23BrN4O2. The number of pyridine rings is 1. The number of nitrogens with zero attached hydrogens (tertiary/aromatic N) is 3. The lowest BCUT2D eigenvalue weighted by Gasteiger charge is -2.20. The molecule has 0 bridgehead atoms. The average Bonchev–Trinajstić information content (AvgIpc) is 3.25. The van der Waals surface area contributed by atoms with Crippen molar-refractivity contribution in [1.82, 2.24) is 19.6 Å². The van der Waals surface area contributed by atoms with E-state index >= 15 is 0 Å². The van der Waals surface area contributed by atoms with Gasteiger partial charge in [0.1, 0.15) is 11.4 Å². The quantitative estimate of drug-likeness (QED) is 0.395. The zero-order valence-corrected chi connectivity index (χ0v) is 18.6. The molecule has 1 aliphatic carbocycles. The van der Waals surface area contributed by atoms with Crippen molar-refractivity contribution < 1.29 is 9.21 Å². The molecule has 0 unspecified atom stereocenters. The van der Waals surface area contributed by atoms with Crippen molar-refractivity contribution >= 4 is 27.5 Å². The van der Waals surface area contributed by atoms with Crippen molar-refractivity contribution in [2.45, 2.75) is 38.5 Å². The van der Waals surface area contributed by atoms with Crippen LogP contribution in [0.4, 0.5) is 0 Å². The third kappa shape index (κ3) is 5.06. The first-order chi connectivity index (χ1) is 15.1. The Labute approximate surface area is 189 Å². The topological polar surface area (TPSA) is 62.8 Å². The number of carbonyl (C=O) groups excluding carboxylic acids is 1. The maximum absolute atomic E-state index is 12.2. The fourth-order valence-electron chi connectivity index (χ4n) is 3.63. The Kier molecular flexibility index (Phi) is 5.61. The molecule has 6 nitrogen and oxygen atoms in total. The highest BCUT2D eigenvalue weighted by Gasteiger charge is 2.23. The molecule has 0 radical (unpaired) electrons. The molecular weight excluding hydrogens is 456 g/mol. The van der Waals surface area contributed by atoms with E-state index in [1.165, 1.54) is 0 Å². The van der Waals surface area contributed by atoms with Gasteiger partial charge in [0.2, 0.25) is 0 Å². The number of amides is 1. The van der Waals surface area contributed by atoms with E-state index in [0.717, 1.165) is 46.5 Å². The van der Waals surface area contributed by atoms with Crippen LogP contribution >= 0.6 is 15.9 Å². The number of benzene rings is 1. The molecule has 3 aromatic heterocycles. The van der Waals surface area contributed by atoms with Gasteiger partial charge in [-0.15, -0.1) is 0 Å². The number of hydrogen-bond donors (Lipinski definition) is 1. The van der Waals surface area contributed by atoms with Gasteiger partial charge in [0.15, 0.2) is 0 Å². The molecule has 7 heteroatoms. The predicted molar refractivity (Wildman–Crippen MR) is 121 cm³/mol. The smallest absolute Gasteiger partial charge is 0.251 e. The molecule has 0 aliphatic heterocycles. The molecule has 1 saturated carbocycles. The minimum atomic E-state index is 0.0114. The van der Waals surface area contributed by atoms with Crippen LogP contribution in [0, 0.1) is 0 Å². The van der Waals surface area contributed by atoms with Crippen molar-refractivity contribution in [3.63, 3.8) is 0 Å². The summed E-state index contributed by atoms with van der Waals surface area (Å²) in [6, 6.07) is 16.1. The van der Waals surface area contributed by atoms with E-state index in [1.807, 2.05) is 59.1 Å². The van der Waals surface area contributed by atoms with E-state index in [-0.39, 0.29) is 5.91 Å². The van der Waals surface area contributed by atoms with Gasteiger partial charge >= 0.3 is 0 Å². The fraction of sp³-hybridized carbons (Fsp3) is 0.250. The van der Waals surface area contributed by atoms with Crippen LogP contribution in [0.2, 0.25) is 0 Å². The first-order valence-corrected chi connectivity index (χ1v) is 11.2. The first-order valence-electron chi connectivity index (χ1n) is 10.4. The van der Waals surface area contributed by atoms with Crippen LogP contribution in [0.15, 0.2) is 76.1 Å². The largest absolute Gasteiger partial charge is 0.468 e. The summed E-state index contributed by atoms with van der Waals surface area (Å²) in [5.74, 6) is 0.921. The van der Waals surface area contributed by atoms with Crippen LogP contribution in [0.5, 0.6) is 0 Å². The number of nitrogens with one attached hydrogen (secondary N) is 1. The second kappa shape index (κ2) is 8.69. The summed E-state index contributed by atoms with van der Waals surface area (Å²) in [4.78, 5) is 19.3. The van der Waals surface area contributed by atoms with Crippen LogP contribution in [0.25, 0.3) is 5.65 Å². The van der Waals surface area contributed by atoms with Gasteiger partial charge in [-0.2, -0.15) is 0 Å². The molecule has 158 valence electrons. The number of furan rings is 1. The second-order valence-corrected chi connectivity index (χ2v) is 8.93. The van der Waals surface area contributed by atoms with Crippen LogP contribution in [-0.2, 0) is 19.6 Å². The molecule has 1 amide bonds. The Hall–Kier alpha value is -2.90. The highest BCUT2D eigenvalue weighted by atomic mass is 79.9. The molecule has 3 heterocycles. The third-order valence-corrected chi connectivity index (χ3v) is 5.81. The van der Waals surface area contributed by atoms with Crippen molar-refractivity contribution in [1.29, 1.82) is 0 Å². The lowest BCUT2D eigenvalue weighted by molar-refractivity contribution is 0.0951. The van der Waals surface area contributed by atoms with Gasteiger partial charge in [0.05, 0.1) is 18.5 Å². The SMILES string of the molecule is O=C(NC1CC1)c1ccc(CN(Cc2cn3cc(Br)ccc3n2)Cc2ccco2)cc1. The van der Waals surface area contributed by atoms with Crippen LogP contribution in [0.1, 0.15) is 40.2 Å². The molecule has 1 fully saturated rings. The number of carbonyl (C=O) groups is 1. The monoisotopic (exact) mass is 478 g/mol. The molecule has 5 rings (SSSR count). The van der Waals surface area contributed by atoms with Crippen LogP contribution in [0.3, 0.4) is 0 Å². The Morgan fingerprint density at radius 2 is 1.94 bits per heavy atom. The lowest BCUT2D eigenvalue weighted by Crippen LogP contribution is -2.25. The summed E-state index contributed by atoms with van der Waals surface area (Å²) in [5, 5.41) is 3.03. The fourth-order valence-corrected chi connectivity index (χ4v) is 3.98. The van der Waals surface area contributed by atoms with Crippen LogP contribution in [-0.4, -0.2) is 26.2 Å². The highest BCUT2D eigenvalue weighted by Crippen LogP contribution is 2.20. The Morgan fingerprint density at radius 1 is 1.10 bits per heavy atom. The predicted octanol–water partition coefficient (Wildman–Crippen LogP) is 4.78. The van der Waals surface area contributed by atoms with Gasteiger partial charge in [0, 0.05) is 41.6 Å². The Morgan fingerprint density at radius 3 is 2.68 bits per heavy atom. The summed E-state index contributed by atoms with van der Waals surface area (Å²) in [6.45, 7) is 2.08. The van der Waals surface area contributed by atoms with Gasteiger partial charge in [-0.05, 0) is 70.7 Å². The molecule has 1 aliphatic rings. The van der Waals surface area contributed by atoms with Crippen molar-refractivity contribution in [2.75, 3.05) is 0 Å². The number of fused-ring (bicyclic) bond motifs is 1. The van der Waals surface area contributed by atoms with E-state index in [9.17, 15) is 4.79 Å². The van der Waals surface area contributed by atoms with E-state index in [0.29, 0.717) is 24.7 Å². The molecule has 4 aromatic rings. The number of aromatic nitrogens is 2. The number of imidazole rings is 1. The van der Waals surface area contributed by atoms with Crippen molar-refractivity contribution in [3.05, 3.63) is 94.2 Å². The van der Waals surface area contributed by atoms with Crippen molar-refractivity contribution in [2.24, 2.45) is 0 Å². The van der Waals surface area contributed by atoms with Gasteiger partial charge in [-0.25, -0.2) is 4.98 Å². The number of halogens is 1. The highest BCUT2D eigenvalue weighted by molar-refractivity contribution is 9.10. The normalized spacial score (nSPS) is 13.7. The molecule has 1 aromatic carbocycles. The zero-order valence-electron chi connectivity index (χ0n) is 17.0. The Balaban J connectivity index is 1.32. The number of rotatable bonds is 8. The minimum Gasteiger partial charge on any atom is -0.468 e. The molecule has 31 heavy (non-hydrogen) atoms. The zero-order chi connectivity index (χ0) is 21.2. The van der Waals surface area contributed by atoms with Gasteiger partial charge in [0.25, 0.3) is 5.91 Å². The third-order valence-electron chi connectivity index (χ3n) is 5.34. The summed E-state index contributed by atoms with van der Waals surface area (Å²) < 4.78 is 8.62. The van der Waals surface area contributed by atoms with E-state index < -0.39 is 0 Å². The molecule has 1 N–H and O–H groups in total. The summed E-state index contributed by atoms with van der Waals surface area (Å²) in [5.41, 5.74) is 3.76. The lowest BCUT2D eigenvalue weighted by atomic mass is 10.1. The van der Waals surface area contributed by atoms with Gasteiger partial charge in [-0.1, -0.05) is 12.1 Å². The van der Waals surface area contributed by atoms with E-state index in [4.69, 9.17) is 9.40 Å². The standard InChI is InChI=1S/C24H23BrN4O2/c25-19-7-10-23-26-21(15-29(23)13-19)14-28(16-22-2-1-11-31-22)12-17-3-5-18(6-4-17)24(30)27-20-8-9-20/h1-7,10-11,13,15,20H,8-9,12,14,16H2,(H,27,30). The van der Waals surface area contributed by atoms with E-state index in [2.05, 4.69) is 32.3 Å². The maximum Gasteiger partial charge on any atom is 0.251 e. The van der Waals surface area contributed by atoms with Crippen molar-refractivity contribution in [3.8, 4) is 0 Å². The summed E-state index contributed by atoms with van der Waals surface area (Å²) in [7, 11) is 0. The molecule has 0 atom stereocenters. The van der Waals surface area contributed by atoms with Gasteiger partial charge < -0.3 is 14.1 Å². The Bertz CT molecular complexity index is 1180. The minimum absolute atomic E-state index is 0.0114. The van der Waals surface area contributed by atoms with Gasteiger partial charge in [-0.3, -0.25) is 9.69 Å².